The van der Waals surface area contributed by atoms with Crippen molar-refractivity contribution in [3.8, 4) is 0 Å². The summed E-state index contributed by atoms with van der Waals surface area (Å²) in [5.74, 6) is -1.41. The smallest absolute Gasteiger partial charge is 0.323 e. The Labute approximate surface area is 85.6 Å². The van der Waals surface area contributed by atoms with Gasteiger partial charge in [0.1, 0.15) is 0 Å². The second kappa shape index (κ2) is 3.24. The average molecular weight is 217 g/mol. The van der Waals surface area contributed by atoms with Crippen molar-refractivity contribution in [1.82, 2.24) is 9.80 Å². The highest BCUT2D eigenvalue weighted by Gasteiger charge is 2.43. The average Bonchev–Trinajstić information content (AvgIpc) is 2.58. The van der Waals surface area contributed by atoms with Crippen LogP contribution in [0.3, 0.4) is 0 Å². The number of amides is 3. The van der Waals surface area contributed by atoms with Crippen molar-refractivity contribution < 1.29 is 14.4 Å². The Kier molecular flexibility index (Phi) is 2.19. The molecular formula is C8H9ClN2O3. The minimum atomic E-state index is -0.866. The van der Waals surface area contributed by atoms with Crippen LogP contribution in [0.5, 0.6) is 0 Å². The Balaban J connectivity index is 2.23. The van der Waals surface area contributed by atoms with Gasteiger partial charge in [0.25, 0.3) is 0 Å². The monoisotopic (exact) mass is 216 g/mol. The van der Waals surface area contributed by atoms with Gasteiger partial charge in [-0.2, -0.15) is 0 Å². The van der Waals surface area contributed by atoms with Crippen molar-refractivity contribution in [3.63, 3.8) is 0 Å². The molecule has 0 radical (unpaired) electrons. The van der Waals surface area contributed by atoms with Gasteiger partial charge in [0.05, 0.1) is 12.6 Å². The van der Waals surface area contributed by atoms with Crippen LogP contribution in [0.4, 0.5) is 4.79 Å². The van der Waals surface area contributed by atoms with Gasteiger partial charge in [-0.05, 0) is 24.4 Å². The van der Waals surface area contributed by atoms with Gasteiger partial charge in [-0.3, -0.25) is 19.3 Å². The minimum Gasteiger partial charge on any atom is -0.330 e. The zero-order chi connectivity index (χ0) is 10.3. The topological polar surface area (TPSA) is 57.7 Å². The number of carbonyl (C=O) groups is 3. The van der Waals surface area contributed by atoms with Crippen LogP contribution in [0.25, 0.3) is 0 Å². The molecule has 3 amide bonds. The predicted molar refractivity (Wildman–Crippen MR) is 47.7 cm³/mol. The largest absolute Gasteiger partial charge is 0.330 e. The van der Waals surface area contributed by atoms with Crippen LogP contribution < -0.4 is 0 Å². The highest BCUT2D eigenvalue weighted by atomic mass is 35.5. The second-order valence-electron chi connectivity index (χ2n) is 3.46. The lowest BCUT2D eigenvalue weighted by Gasteiger charge is -2.33. The van der Waals surface area contributed by atoms with Crippen LogP contribution in [-0.2, 0) is 9.59 Å². The fraction of sp³-hybridized carbons (Fsp3) is 0.625. The maximum Gasteiger partial charge on any atom is 0.323 e. The number of hydrogen-bond donors (Lipinski definition) is 0. The SMILES string of the molecule is O=C(Cl)N1C[C@@H]2CCCN2C(=O)C1=O. The summed E-state index contributed by atoms with van der Waals surface area (Å²) in [7, 11) is 0. The van der Waals surface area contributed by atoms with E-state index in [9.17, 15) is 14.4 Å². The third kappa shape index (κ3) is 1.28. The molecule has 2 saturated heterocycles. The predicted octanol–water partition coefficient (Wildman–Crippen LogP) is 0.178. The van der Waals surface area contributed by atoms with Gasteiger partial charge >= 0.3 is 17.2 Å². The van der Waals surface area contributed by atoms with E-state index in [-0.39, 0.29) is 12.6 Å². The molecular weight excluding hydrogens is 208 g/mol. The molecule has 5 nitrogen and oxygen atoms in total. The van der Waals surface area contributed by atoms with Crippen LogP contribution in [0.2, 0.25) is 0 Å². The molecule has 0 bridgehead atoms. The standard InChI is InChI=1S/C8H9ClN2O3/c9-8(14)11-4-5-2-1-3-10(5)6(12)7(11)13/h5H,1-4H2/t5-/m0/s1. The summed E-state index contributed by atoms with van der Waals surface area (Å²) >= 11 is 5.20. The minimum absolute atomic E-state index is 0.0251. The number of imide groups is 1. The second-order valence-corrected chi connectivity index (χ2v) is 3.79. The van der Waals surface area contributed by atoms with E-state index in [1.807, 2.05) is 0 Å². The van der Waals surface area contributed by atoms with Crippen molar-refractivity contribution in [3.05, 3.63) is 0 Å². The van der Waals surface area contributed by atoms with Crippen molar-refractivity contribution in [2.75, 3.05) is 13.1 Å². The van der Waals surface area contributed by atoms with Crippen molar-refractivity contribution in [1.29, 1.82) is 0 Å². The lowest BCUT2D eigenvalue weighted by molar-refractivity contribution is -0.154. The molecule has 0 aromatic carbocycles. The molecule has 2 aliphatic rings. The number of halogens is 1. The van der Waals surface area contributed by atoms with E-state index in [0.717, 1.165) is 17.7 Å². The number of piperazine rings is 1. The number of fused-ring (bicyclic) bond motifs is 1. The van der Waals surface area contributed by atoms with E-state index in [1.54, 1.807) is 0 Å². The highest BCUT2D eigenvalue weighted by Crippen LogP contribution is 2.23. The molecule has 0 aliphatic carbocycles. The molecule has 0 saturated carbocycles. The van der Waals surface area contributed by atoms with Gasteiger partial charge in [-0.15, -0.1) is 0 Å². The molecule has 0 unspecified atom stereocenters. The Morgan fingerprint density at radius 2 is 2.07 bits per heavy atom. The van der Waals surface area contributed by atoms with Gasteiger partial charge in [0.2, 0.25) is 0 Å². The molecule has 76 valence electrons. The third-order valence-electron chi connectivity index (χ3n) is 2.67. The summed E-state index contributed by atoms with van der Waals surface area (Å²) in [4.78, 5) is 36.0. The molecule has 6 heteroatoms. The molecule has 2 aliphatic heterocycles. The maximum absolute atomic E-state index is 11.4. The zero-order valence-electron chi connectivity index (χ0n) is 7.40. The highest BCUT2D eigenvalue weighted by molar-refractivity contribution is 6.65. The van der Waals surface area contributed by atoms with Crippen LogP contribution in [0.1, 0.15) is 12.8 Å². The molecule has 2 fully saturated rings. The summed E-state index contributed by atoms with van der Waals surface area (Å²) in [6.45, 7) is 0.854. The van der Waals surface area contributed by atoms with Crippen LogP contribution in [0.15, 0.2) is 0 Å². The van der Waals surface area contributed by atoms with Crippen LogP contribution in [-0.4, -0.2) is 46.1 Å². The Hall–Kier alpha value is -1.10. The lowest BCUT2D eigenvalue weighted by atomic mass is 10.1. The molecule has 2 rings (SSSR count). The number of rotatable bonds is 0. The van der Waals surface area contributed by atoms with E-state index < -0.39 is 17.2 Å². The molecule has 0 N–H and O–H groups in total. The molecule has 0 spiro atoms. The fourth-order valence-corrected chi connectivity index (χ4v) is 2.12. The molecule has 1 atom stereocenters. The van der Waals surface area contributed by atoms with E-state index in [0.29, 0.717) is 6.54 Å². The summed E-state index contributed by atoms with van der Waals surface area (Å²) in [6, 6.07) is -0.0251. The maximum atomic E-state index is 11.4. The third-order valence-corrected chi connectivity index (χ3v) is 2.88. The quantitative estimate of drug-likeness (QED) is 0.330. The number of nitrogens with zero attached hydrogens (tertiary/aromatic N) is 2. The summed E-state index contributed by atoms with van der Waals surface area (Å²) < 4.78 is 0. The van der Waals surface area contributed by atoms with E-state index >= 15 is 0 Å². The molecule has 14 heavy (non-hydrogen) atoms. The van der Waals surface area contributed by atoms with Crippen LogP contribution in [0, 0.1) is 0 Å². The Bertz CT molecular complexity index is 318. The Morgan fingerprint density at radius 3 is 2.71 bits per heavy atom. The van der Waals surface area contributed by atoms with Crippen molar-refractivity contribution in [2.45, 2.75) is 18.9 Å². The fourth-order valence-electron chi connectivity index (χ4n) is 1.98. The van der Waals surface area contributed by atoms with Crippen molar-refractivity contribution >= 4 is 28.8 Å². The first-order valence-corrected chi connectivity index (χ1v) is 4.81. The Morgan fingerprint density at radius 1 is 1.36 bits per heavy atom. The summed E-state index contributed by atoms with van der Waals surface area (Å²) in [6.07, 6.45) is 1.72. The van der Waals surface area contributed by atoms with Crippen molar-refractivity contribution in [2.24, 2.45) is 0 Å². The molecule has 0 aromatic heterocycles. The molecule has 0 aromatic rings. The van der Waals surface area contributed by atoms with Gasteiger partial charge in [0.15, 0.2) is 0 Å². The van der Waals surface area contributed by atoms with E-state index in [1.165, 1.54) is 4.90 Å². The van der Waals surface area contributed by atoms with Gasteiger partial charge in [-0.25, -0.2) is 0 Å². The summed E-state index contributed by atoms with van der Waals surface area (Å²) in [5.41, 5.74) is 0. The number of carbonyl (C=O) groups excluding carboxylic acids is 3. The van der Waals surface area contributed by atoms with E-state index in [4.69, 9.17) is 11.6 Å². The van der Waals surface area contributed by atoms with Gasteiger partial charge in [-0.1, -0.05) is 0 Å². The molecule has 2 heterocycles. The van der Waals surface area contributed by atoms with Gasteiger partial charge < -0.3 is 4.90 Å². The lowest BCUT2D eigenvalue weighted by Crippen LogP contribution is -2.57. The first-order valence-electron chi connectivity index (χ1n) is 4.43. The van der Waals surface area contributed by atoms with E-state index in [2.05, 4.69) is 0 Å². The van der Waals surface area contributed by atoms with Crippen LogP contribution >= 0.6 is 11.6 Å². The first kappa shape index (κ1) is 9.45. The zero-order valence-corrected chi connectivity index (χ0v) is 8.16. The number of hydrogen-bond acceptors (Lipinski definition) is 3. The van der Waals surface area contributed by atoms with Gasteiger partial charge in [0, 0.05) is 6.54 Å². The normalized spacial score (nSPS) is 26.8. The first-order chi connectivity index (χ1) is 6.61. The summed E-state index contributed by atoms with van der Waals surface area (Å²) in [5, 5.41) is -0.866.